The Morgan fingerprint density at radius 2 is 2.00 bits per heavy atom. The maximum absolute atomic E-state index is 13.4. The van der Waals surface area contributed by atoms with E-state index in [2.05, 4.69) is 25.8 Å². The van der Waals surface area contributed by atoms with Gasteiger partial charge in [0, 0.05) is 22.5 Å². The molecule has 3 rings (SSSR count). The summed E-state index contributed by atoms with van der Waals surface area (Å²) in [7, 11) is 0. The van der Waals surface area contributed by atoms with Gasteiger partial charge in [-0.2, -0.15) is 10.1 Å². The van der Waals surface area contributed by atoms with Crippen molar-refractivity contribution in [3.63, 3.8) is 0 Å². The molecule has 0 aliphatic rings. The van der Waals surface area contributed by atoms with Crippen LogP contribution in [0.3, 0.4) is 0 Å². The zero-order valence-corrected chi connectivity index (χ0v) is 15.9. The van der Waals surface area contributed by atoms with E-state index in [4.69, 9.17) is 11.6 Å². The van der Waals surface area contributed by atoms with Crippen LogP contribution in [-0.4, -0.2) is 28.6 Å². The number of nitrogens with zero attached hydrogens (tertiary/aromatic N) is 2. The minimum atomic E-state index is -1.11. The normalized spacial score (nSPS) is 11.9. The number of hydrogen-bond acceptors (Lipinski definition) is 2. The molecule has 0 saturated heterocycles. The Balaban J connectivity index is 1.89. The molecule has 9 heteroatoms. The molecule has 0 spiro atoms. The number of aromatic amines is 1. The number of aliphatic imine (C=N–C) groups is 1. The van der Waals surface area contributed by atoms with Gasteiger partial charge in [-0.3, -0.25) is 9.89 Å². The first-order chi connectivity index (χ1) is 13.3. The molecule has 1 heterocycles. The van der Waals surface area contributed by atoms with Crippen molar-refractivity contribution in [2.75, 3.05) is 11.9 Å². The van der Waals surface area contributed by atoms with E-state index in [1.165, 1.54) is 6.07 Å². The molecule has 0 aliphatic carbocycles. The van der Waals surface area contributed by atoms with Crippen LogP contribution < -0.4 is 10.6 Å². The van der Waals surface area contributed by atoms with E-state index < -0.39 is 17.5 Å². The molecule has 28 heavy (non-hydrogen) atoms. The number of guanidine groups is 1. The second-order valence-corrected chi connectivity index (χ2v) is 6.99. The highest BCUT2D eigenvalue weighted by atomic mass is 35.5. The average Bonchev–Trinajstić information content (AvgIpc) is 3.03. The molecule has 0 aliphatic heterocycles. The zero-order valence-electron chi connectivity index (χ0n) is 15.2. The van der Waals surface area contributed by atoms with Gasteiger partial charge in [-0.25, -0.2) is 8.78 Å². The summed E-state index contributed by atoms with van der Waals surface area (Å²) < 4.78 is 26.5. The summed E-state index contributed by atoms with van der Waals surface area (Å²) in [5.41, 5.74) is 0.647. The van der Waals surface area contributed by atoms with Gasteiger partial charge < -0.3 is 10.6 Å². The van der Waals surface area contributed by atoms with Gasteiger partial charge >= 0.3 is 0 Å². The number of anilines is 1. The molecule has 0 radical (unpaired) electrons. The Labute approximate surface area is 165 Å². The van der Waals surface area contributed by atoms with Crippen molar-refractivity contribution in [1.82, 2.24) is 15.5 Å². The number of fused-ring (bicyclic) bond motifs is 1. The fourth-order valence-corrected chi connectivity index (χ4v) is 2.58. The first kappa shape index (κ1) is 19.8. The lowest BCUT2D eigenvalue weighted by molar-refractivity contribution is 0.100. The lowest BCUT2D eigenvalue weighted by Crippen LogP contribution is -2.34. The largest absolute Gasteiger partial charge is 0.355 e. The smallest absolute Gasteiger partial charge is 0.280 e. The highest BCUT2D eigenvalue weighted by Crippen LogP contribution is 2.23. The second kappa shape index (κ2) is 8.35. The highest BCUT2D eigenvalue weighted by Gasteiger charge is 2.13. The Bertz CT molecular complexity index is 1050. The minimum Gasteiger partial charge on any atom is -0.355 e. The molecule has 146 valence electrons. The minimum absolute atomic E-state index is 0.0665. The van der Waals surface area contributed by atoms with Crippen molar-refractivity contribution >= 4 is 40.2 Å². The molecule has 2 aromatic carbocycles. The molecule has 0 unspecified atom stereocenters. The van der Waals surface area contributed by atoms with Gasteiger partial charge in [0.1, 0.15) is 0 Å². The zero-order chi connectivity index (χ0) is 20.3. The Morgan fingerprint density at radius 3 is 2.71 bits per heavy atom. The average molecular weight is 406 g/mol. The topological polar surface area (TPSA) is 82.2 Å². The molecule has 0 saturated carbocycles. The van der Waals surface area contributed by atoms with E-state index in [-0.39, 0.29) is 17.4 Å². The lowest BCUT2D eigenvalue weighted by atomic mass is 10.2. The first-order valence-corrected chi connectivity index (χ1v) is 8.94. The summed E-state index contributed by atoms with van der Waals surface area (Å²) in [5.74, 6) is -1.99. The molecule has 6 nitrogen and oxygen atoms in total. The standard InChI is InChI=1S/C19H18ClF2N5O/c1-10(2)9-23-19(25-18(28)11-3-6-14(21)15(22)7-11)24-17-13-5-4-12(20)8-16(13)26-27-17/h3-8,10H,9H2,1-2H3,(H3,23,24,25,26,27,28). The van der Waals surface area contributed by atoms with Crippen LogP contribution in [0, 0.1) is 17.6 Å². The van der Waals surface area contributed by atoms with Gasteiger partial charge in [0.15, 0.2) is 17.5 Å². The van der Waals surface area contributed by atoms with Crippen LogP contribution >= 0.6 is 11.6 Å². The Hall–Kier alpha value is -3.00. The summed E-state index contributed by atoms with van der Waals surface area (Å²) in [6, 6.07) is 8.09. The van der Waals surface area contributed by atoms with Crippen LogP contribution in [-0.2, 0) is 0 Å². The van der Waals surface area contributed by atoms with Gasteiger partial charge in [0.05, 0.1) is 5.52 Å². The molecule has 3 aromatic rings. The summed E-state index contributed by atoms with van der Waals surface area (Å²) >= 11 is 5.97. The molecular weight excluding hydrogens is 388 g/mol. The summed E-state index contributed by atoms with van der Waals surface area (Å²) in [5, 5.41) is 14.3. The molecule has 3 N–H and O–H groups in total. The first-order valence-electron chi connectivity index (χ1n) is 8.56. The summed E-state index contributed by atoms with van der Waals surface area (Å²) in [6.45, 7) is 4.52. The summed E-state index contributed by atoms with van der Waals surface area (Å²) in [6.07, 6.45) is 0. The van der Waals surface area contributed by atoms with Crippen LogP contribution in [0.5, 0.6) is 0 Å². The Kier molecular flexibility index (Phi) is 5.89. The predicted molar refractivity (Wildman–Crippen MR) is 106 cm³/mol. The molecule has 0 fully saturated rings. The van der Waals surface area contributed by atoms with Crippen molar-refractivity contribution in [3.05, 3.63) is 58.6 Å². The molecule has 0 bridgehead atoms. The summed E-state index contributed by atoms with van der Waals surface area (Å²) in [4.78, 5) is 16.4. The van der Waals surface area contributed by atoms with Crippen molar-refractivity contribution in [2.45, 2.75) is 13.8 Å². The predicted octanol–water partition coefficient (Wildman–Crippen LogP) is 4.35. The van der Waals surface area contributed by atoms with Crippen molar-refractivity contribution < 1.29 is 13.6 Å². The van der Waals surface area contributed by atoms with Crippen molar-refractivity contribution in [3.8, 4) is 0 Å². The SMILES string of the molecule is CC(C)CN/C(=N/C(=O)c1ccc(F)c(F)c1)Nc1n[nH]c2cc(Cl)ccc12. The third kappa shape index (κ3) is 4.64. The number of amides is 1. The van der Waals surface area contributed by atoms with Gasteiger partial charge in [-0.05, 0) is 42.3 Å². The van der Waals surface area contributed by atoms with E-state index in [0.29, 0.717) is 22.9 Å². The van der Waals surface area contributed by atoms with Crippen LogP contribution in [0.25, 0.3) is 10.9 Å². The monoisotopic (exact) mass is 405 g/mol. The van der Waals surface area contributed by atoms with E-state index in [9.17, 15) is 13.6 Å². The maximum Gasteiger partial charge on any atom is 0.280 e. The number of carbonyl (C=O) groups excluding carboxylic acids is 1. The second-order valence-electron chi connectivity index (χ2n) is 6.56. The van der Waals surface area contributed by atoms with Gasteiger partial charge in [-0.15, -0.1) is 0 Å². The Morgan fingerprint density at radius 1 is 1.21 bits per heavy atom. The number of nitrogens with one attached hydrogen (secondary N) is 3. The van der Waals surface area contributed by atoms with Gasteiger partial charge in [0.2, 0.25) is 5.96 Å². The van der Waals surface area contributed by atoms with Gasteiger partial charge in [0.25, 0.3) is 5.91 Å². The number of halogens is 3. The molecule has 0 atom stereocenters. The number of hydrogen-bond donors (Lipinski definition) is 3. The van der Waals surface area contributed by atoms with Crippen LogP contribution in [0.4, 0.5) is 14.6 Å². The molecule has 1 aromatic heterocycles. The third-order valence-corrected chi connectivity index (χ3v) is 4.05. The van der Waals surface area contributed by atoms with Crippen molar-refractivity contribution in [1.29, 1.82) is 0 Å². The maximum atomic E-state index is 13.4. The van der Waals surface area contributed by atoms with Crippen molar-refractivity contribution in [2.24, 2.45) is 10.9 Å². The molecule has 1 amide bonds. The lowest BCUT2D eigenvalue weighted by Gasteiger charge is -2.12. The number of rotatable bonds is 4. The van der Waals surface area contributed by atoms with Crippen LogP contribution in [0.2, 0.25) is 5.02 Å². The van der Waals surface area contributed by atoms with E-state index >= 15 is 0 Å². The number of benzene rings is 2. The third-order valence-electron chi connectivity index (χ3n) is 3.82. The molecular formula is C19H18ClF2N5O. The van der Waals surface area contributed by atoms with Crippen LogP contribution in [0.15, 0.2) is 41.4 Å². The number of aromatic nitrogens is 2. The van der Waals surface area contributed by atoms with E-state index in [1.807, 2.05) is 13.8 Å². The highest BCUT2D eigenvalue weighted by molar-refractivity contribution is 6.31. The number of carbonyl (C=O) groups is 1. The fraction of sp³-hybridized carbons (Fsp3) is 0.211. The quantitative estimate of drug-likeness (QED) is 0.445. The van der Waals surface area contributed by atoms with Gasteiger partial charge in [-0.1, -0.05) is 25.4 Å². The van der Waals surface area contributed by atoms with E-state index in [0.717, 1.165) is 17.5 Å². The fourth-order valence-electron chi connectivity index (χ4n) is 2.41. The number of H-pyrrole nitrogens is 1. The van der Waals surface area contributed by atoms with E-state index in [1.54, 1.807) is 18.2 Å². The van der Waals surface area contributed by atoms with Crippen LogP contribution in [0.1, 0.15) is 24.2 Å².